The fourth-order valence-corrected chi connectivity index (χ4v) is 3.13. The molecule has 0 aliphatic carbocycles. The molecular formula is C21H17Cl2NO. The molecule has 4 heteroatoms. The topological polar surface area (TPSA) is 22.0 Å². The molecule has 0 saturated heterocycles. The van der Waals surface area contributed by atoms with Crippen LogP contribution in [0.15, 0.2) is 60.7 Å². The Morgan fingerprint density at radius 3 is 2.36 bits per heavy atom. The smallest absolute Gasteiger partial charge is 0.185 e. The van der Waals surface area contributed by atoms with Crippen LogP contribution in [0.1, 0.15) is 27.3 Å². The Labute approximate surface area is 157 Å². The zero-order valence-electron chi connectivity index (χ0n) is 14.0. The lowest BCUT2D eigenvalue weighted by atomic mass is 10.1. The van der Waals surface area contributed by atoms with Crippen molar-refractivity contribution in [2.75, 3.05) is 0 Å². The van der Waals surface area contributed by atoms with Crippen molar-refractivity contribution in [2.45, 2.75) is 13.8 Å². The first-order valence-corrected chi connectivity index (χ1v) is 8.65. The number of ketones is 1. The number of carbonyl (C=O) groups is 1. The number of rotatable bonds is 4. The third-order valence-corrected chi connectivity index (χ3v) is 4.84. The van der Waals surface area contributed by atoms with Crippen molar-refractivity contribution in [1.29, 1.82) is 0 Å². The van der Waals surface area contributed by atoms with Gasteiger partial charge in [-0.25, -0.2) is 0 Å². The molecule has 0 unspecified atom stereocenters. The summed E-state index contributed by atoms with van der Waals surface area (Å²) >= 11 is 12.1. The number of hydrogen-bond donors (Lipinski definition) is 0. The molecule has 0 aliphatic rings. The van der Waals surface area contributed by atoms with Gasteiger partial charge in [-0.15, -0.1) is 0 Å². The number of carbonyl (C=O) groups excluding carboxylic acids is 1. The van der Waals surface area contributed by atoms with Crippen LogP contribution >= 0.6 is 23.2 Å². The Morgan fingerprint density at radius 1 is 0.960 bits per heavy atom. The molecule has 3 aromatic rings. The van der Waals surface area contributed by atoms with Crippen molar-refractivity contribution in [2.24, 2.45) is 0 Å². The minimum atomic E-state index is -0.0139. The second-order valence-electron chi connectivity index (χ2n) is 5.82. The van der Waals surface area contributed by atoms with Gasteiger partial charge in [0.2, 0.25) is 0 Å². The molecule has 0 bridgehead atoms. The lowest BCUT2D eigenvalue weighted by Gasteiger charge is -2.10. The van der Waals surface area contributed by atoms with Crippen LogP contribution in [0, 0.1) is 13.8 Å². The lowest BCUT2D eigenvalue weighted by Crippen LogP contribution is -1.99. The van der Waals surface area contributed by atoms with Gasteiger partial charge >= 0.3 is 0 Å². The third kappa shape index (κ3) is 3.71. The molecule has 0 atom stereocenters. The number of aryl methyl sites for hydroxylation is 1. The summed E-state index contributed by atoms with van der Waals surface area (Å²) in [5.41, 5.74) is 4.71. The monoisotopic (exact) mass is 369 g/mol. The van der Waals surface area contributed by atoms with Crippen LogP contribution in [0.2, 0.25) is 10.0 Å². The Hall–Kier alpha value is -2.29. The molecule has 2 aromatic carbocycles. The predicted octanol–water partition coefficient (Wildman–Crippen LogP) is 6.30. The van der Waals surface area contributed by atoms with E-state index in [4.69, 9.17) is 23.2 Å². The van der Waals surface area contributed by atoms with Gasteiger partial charge in [-0.2, -0.15) is 0 Å². The highest BCUT2D eigenvalue weighted by Gasteiger charge is 2.11. The molecule has 0 fully saturated rings. The number of allylic oxidation sites excluding steroid dienone is 1. The maximum Gasteiger partial charge on any atom is 0.185 e. The van der Waals surface area contributed by atoms with Gasteiger partial charge in [0.25, 0.3) is 0 Å². The summed E-state index contributed by atoms with van der Waals surface area (Å²) in [6, 6.07) is 16.8. The first-order valence-electron chi connectivity index (χ1n) is 7.89. The molecular weight excluding hydrogens is 353 g/mol. The highest BCUT2D eigenvalue weighted by atomic mass is 35.5. The number of halogens is 2. The Bertz CT molecular complexity index is 956. The largest absolute Gasteiger partial charge is 0.318 e. The fourth-order valence-electron chi connectivity index (χ4n) is 2.84. The summed E-state index contributed by atoms with van der Waals surface area (Å²) in [5, 5.41) is 1.05. The van der Waals surface area contributed by atoms with E-state index in [1.807, 2.05) is 68.5 Å². The minimum absolute atomic E-state index is 0.0139. The average Bonchev–Trinajstić information content (AvgIpc) is 2.90. The van der Waals surface area contributed by atoms with Crippen LogP contribution < -0.4 is 0 Å². The maximum atomic E-state index is 12.2. The van der Waals surface area contributed by atoms with E-state index in [9.17, 15) is 4.79 Å². The van der Waals surface area contributed by atoms with Gasteiger partial charge < -0.3 is 4.57 Å². The molecule has 0 amide bonds. The molecule has 0 aliphatic heterocycles. The SMILES string of the molecule is Cc1cc(/C=C/C(=O)c2ccccc2)c(C)n1-c1ccc(Cl)c(Cl)c1. The first-order chi connectivity index (χ1) is 12.0. The lowest BCUT2D eigenvalue weighted by molar-refractivity contribution is 0.104. The highest BCUT2D eigenvalue weighted by Crippen LogP contribution is 2.28. The van der Waals surface area contributed by atoms with Crippen LogP contribution in [0.5, 0.6) is 0 Å². The van der Waals surface area contributed by atoms with Crippen molar-refractivity contribution in [3.05, 3.63) is 93.2 Å². The van der Waals surface area contributed by atoms with Crippen LogP contribution in [0.3, 0.4) is 0 Å². The van der Waals surface area contributed by atoms with Crippen LogP contribution in [0.4, 0.5) is 0 Å². The third-order valence-electron chi connectivity index (χ3n) is 4.10. The summed E-state index contributed by atoms with van der Waals surface area (Å²) in [4.78, 5) is 12.2. The highest BCUT2D eigenvalue weighted by molar-refractivity contribution is 6.42. The summed E-state index contributed by atoms with van der Waals surface area (Å²) in [6.07, 6.45) is 3.46. The van der Waals surface area contributed by atoms with Crippen molar-refractivity contribution < 1.29 is 4.79 Å². The molecule has 2 nitrogen and oxygen atoms in total. The molecule has 0 radical (unpaired) electrons. The minimum Gasteiger partial charge on any atom is -0.318 e. The van der Waals surface area contributed by atoms with E-state index >= 15 is 0 Å². The summed E-state index contributed by atoms with van der Waals surface area (Å²) in [6.45, 7) is 4.04. The van der Waals surface area contributed by atoms with E-state index in [2.05, 4.69) is 4.57 Å². The van der Waals surface area contributed by atoms with E-state index in [0.29, 0.717) is 15.6 Å². The van der Waals surface area contributed by atoms with E-state index in [1.54, 1.807) is 12.1 Å². The number of hydrogen-bond acceptors (Lipinski definition) is 1. The van der Waals surface area contributed by atoms with Gasteiger partial charge in [0, 0.05) is 22.6 Å². The molecule has 0 spiro atoms. The van der Waals surface area contributed by atoms with Crippen LogP contribution in [-0.2, 0) is 0 Å². The Kier molecular flexibility index (Phi) is 5.12. The zero-order chi connectivity index (χ0) is 18.0. The van der Waals surface area contributed by atoms with E-state index in [1.165, 1.54) is 0 Å². The van der Waals surface area contributed by atoms with Gasteiger partial charge in [0.05, 0.1) is 10.0 Å². The fraction of sp³-hybridized carbons (Fsp3) is 0.0952. The molecule has 3 rings (SSSR count). The van der Waals surface area contributed by atoms with Crippen molar-refractivity contribution in [1.82, 2.24) is 4.57 Å². The van der Waals surface area contributed by atoms with Crippen molar-refractivity contribution >= 4 is 35.1 Å². The van der Waals surface area contributed by atoms with Crippen molar-refractivity contribution in [3.63, 3.8) is 0 Å². The molecule has 25 heavy (non-hydrogen) atoms. The van der Waals surface area contributed by atoms with Gasteiger partial charge in [-0.05, 0) is 55.8 Å². The molecule has 0 N–H and O–H groups in total. The average molecular weight is 370 g/mol. The maximum absolute atomic E-state index is 12.2. The first kappa shape index (κ1) is 17.5. The van der Waals surface area contributed by atoms with Gasteiger partial charge in [-0.1, -0.05) is 53.5 Å². The second-order valence-corrected chi connectivity index (χ2v) is 6.64. The van der Waals surface area contributed by atoms with E-state index in [-0.39, 0.29) is 5.78 Å². The Balaban J connectivity index is 1.93. The number of benzene rings is 2. The number of nitrogens with zero attached hydrogens (tertiary/aromatic N) is 1. The standard InChI is InChI=1S/C21H17Cl2NO/c1-14-12-17(8-11-21(25)16-6-4-3-5-7-16)15(2)24(14)18-9-10-19(22)20(23)13-18/h3-13H,1-2H3/b11-8+. The summed E-state index contributed by atoms with van der Waals surface area (Å²) in [7, 11) is 0. The molecule has 126 valence electrons. The van der Waals surface area contributed by atoms with Gasteiger partial charge in [-0.3, -0.25) is 4.79 Å². The molecule has 0 saturated carbocycles. The Morgan fingerprint density at radius 2 is 1.68 bits per heavy atom. The van der Waals surface area contributed by atoms with Gasteiger partial charge in [0.1, 0.15) is 0 Å². The summed E-state index contributed by atoms with van der Waals surface area (Å²) in [5.74, 6) is -0.0139. The van der Waals surface area contributed by atoms with Crippen LogP contribution in [0.25, 0.3) is 11.8 Å². The summed E-state index contributed by atoms with van der Waals surface area (Å²) < 4.78 is 2.09. The van der Waals surface area contributed by atoms with Gasteiger partial charge in [0.15, 0.2) is 5.78 Å². The van der Waals surface area contributed by atoms with E-state index < -0.39 is 0 Å². The quantitative estimate of drug-likeness (QED) is 0.390. The molecule has 1 heterocycles. The molecule has 1 aromatic heterocycles. The van der Waals surface area contributed by atoms with Crippen molar-refractivity contribution in [3.8, 4) is 5.69 Å². The second kappa shape index (κ2) is 7.30. The normalized spacial score (nSPS) is 11.2. The van der Waals surface area contributed by atoms with E-state index in [0.717, 1.165) is 22.6 Å². The predicted molar refractivity (Wildman–Crippen MR) is 105 cm³/mol. The van der Waals surface area contributed by atoms with Crippen LogP contribution in [-0.4, -0.2) is 10.4 Å². The number of aromatic nitrogens is 1. The zero-order valence-corrected chi connectivity index (χ0v) is 15.5.